The Morgan fingerprint density at radius 2 is 1.69 bits per heavy atom. The van der Waals surface area contributed by atoms with Crippen molar-refractivity contribution in [3.63, 3.8) is 0 Å². The van der Waals surface area contributed by atoms with Gasteiger partial charge in [0, 0.05) is 12.1 Å². The molecule has 0 spiro atoms. The topological polar surface area (TPSA) is 53.7 Å². The molecule has 0 aliphatic rings. The van der Waals surface area contributed by atoms with E-state index in [-0.39, 0.29) is 0 Å². The second-order valence-electron chi connectivity index (χ2n) is 2.45. The van der Waals surface area contributed by atoms with Crippen molar-refractivity contribution in [3.8, 4) is 17.2 Å². The maximum absolute atomic E-state index is 5.70. The summed E-state index contributed by atoms with van der Waals surface area (Å²) >= 11 is 0. The van der Waals surface area contributed by atoms with Gasteiger partial charge in [-0.3, -0.25) is 0 Å². The molecule has 0 bridgehead atoms. The number of hydrogen-bond donors (Lipinski definition) is 1. The maximum atomic E-state index is 5.70. The molecule has 0 atom stereocenters. The fraction of sp³-hybridized carbons (Fsp3) is 0.333. The molecular formula is C9H13NO3. The van der Waals surface area contributed by atoms with Crippen LogP contribution in [0.3, 0.4) is 0 Å². The van der Waals surface area contributed by atoms with Crippen molar-refractivity contribution >= 4 is 5.69 Å². The molecule has 4 nitrogen and oxygen atoms in total. The Morgan fingerprint density at radius 3 is 2.15 bits per heavy atom. The van der Waals surface area contributed by atoms with Crippen molar-refractivity contribution < 1.29 is 14.2 Å². The van der Waals surface area contributed by atoms with Crippen LogP contribution in [0.15, 0.2) is 12.1 Å². The Labute approximate surface area is 77.2 Å². The highest BCUT2D eigenvalue weighted by Crippen LogP contribution is 2.37. The summed E-state index contributed by atoms with van der Waals surface area (Å²) < 4.78 is 15.2. The number of rotatable bonds is 3. The SMILES string of the molecule is COc1cc(N)c(OC)c(OC)c1. The molecule has 0 amide bonds. The molecule has 0 fully saturated rings. The lowest BCUT2D eigenvalue weighted by Gasteiger charge is -2.11. The Balaban J connectivity index is 3.20. The van der Waals surface area contributed by atoms with E-state index in [1.54, 1.807) is 33.5 Å². The normalized spacial score (nSPS) is 9.46. The van der Waals surface area contributed by atoms with Gasteiger partial charge < -0.3 is 19.9 Å². The lowest BCUT2D eigenvalue weighted by atomic mass is 10.2. The third-order valence-electron chi connectivity index (χ3n) is 1.72. The van der Waals surface area contributed by atoms with Gasteiger partial charge in [0.05, 0.1) is 27.0 Å². The molecule has 0 heterocycles. The van der Waals surface area contributed by atoms with Crippen LogP contribution < -0.4 is 19.9 Å². The summed E-state index contributed by atoms with van der Waals surface area (Å²) in [6.45, 7) is 0. The van der Waals surface area contributed by atoms with Gasteiger partial charge in [0.1, 0.15) is 5.75 Å². The third kappa shape index (κ3) is 1.77. The van der Waals surface area contributed by atoms with Gasteiger partial charge in [-0.2, -0.15) is 0 Å². The van der Waals surface area contributed by atoms with E-state index < -0.39 is 0 Å². The van der Waals surface area contributed by atoms with Crippen LogP contribution in [0.2, 0.25) is 0 Å². The highest BCUT2D eigenvalue weighted by Gasteiger charge is 2.09. The summed E-state index contributed by atoms with van der Waals surface area (Å²) in [6, 6.07) is 3.40. The first-order chi connectivity index (χ1) is 6.22. The molecular weight excluding hydrogens is 170 g/mol. The number of methoxy groups -OCH3 is 3. The number of anilines is 1. The summed E-state index contributed by atoms with van der Waals surface area (Å²) in [4.78, 5) is 0. The molecule has 13 heavy (non-hydrogen) atoms. The summed E-state index contributed by atoms with van der Waals surface area (Å²) in [5, 5.41) is 0. The van der Waals surface area contributed by atoms with E-state index in [9.17, 15) is 0 Å². The molecule has 0 radical (unpaired) electrons. The van der Waals surface area contributed by atoms with Crippen molar-refractivity contribution in [2.75, 3.05) is 27.1 Å². The Bertz CT molecular complexity index is 299. The Hall–Kier alpha value is -1.58. The van der Waals surface area contributed by atoms with E-state index in [0.29, 0.717) is 22.9 Å². The molecule has 0 aromatic heterocycles. The molecule has 1 aromatic carbocycles. The fourth-order valence-corrected chi connectivity index (χ4v) is 1.09. The number of hydrogen-bond acceptors (Lipinski definition) is 4. The molecule has 4 heteroatoms. The first-order valence-corrected chi connectivity index (χ1v) is 3.78. The molecule has 0 aliphatic heterocycles. The first kappa shape index (κ1) is 9.51. The zero-order valence-corrected chi connectivity index (χ0v) is 7.96. The highest BCUT2D eigenvalue weighted by molar-refractivity contribution is 5.63. The average Bonchev–Trinajstić information content (AvgIpc) is 2.16. The lowest BCUT2D eigenvalue weighted by molar-refractivity contribution is 0.350. The molecule has 72 valence electrons. The van der Waals surface area contributed by atoms with E-state index >= 15 is 0 Å². The van der Waals surface area contributed by atoms with Crippen LogP contribution in [0.4, 0.5) is 5.69 Å². The first-order valence-electron chi connectivity index (χ1n) is 3.78. The zero-order chi connectivity index (χ0) is 9.84. The molecule has 2 N–H and O–H groups in total. The summed E-state index contributed by atoms with van der Waals surface area (Å²) in [6.07, 6.45) is 0. The van der Waals surface area contributed by atoms with Gasteiger partial charge in [0.2, 0.25) is 0 Å². The molecule has 0 saturated carbocycles. The van der Waals surface area contributed by atoms with Crippen molar-refractivity contribution in [2.24, 2.45) is 0 Å². The van der Waals surface area contributed by atoms with Crippen molar-refractivity contribution in [2.45, 2.75) is 0 Å². The van der Waals surface area contributed by atoms with Crippen molar-refractivity contribution in [1.82, 2.24) is 0 Å². The monoisotopic (exact) mass is 183 g/mol. The zero-order valence-electron chi connectivity index (χ0n) is 7.96. The molecule has 1 rings (SSSR count). The predicted molar refractivity (Wildman–Crippen MR) is 50.5 cm³/mol. The molecule has 0 unspecified atom stereocenters. The standard InChI is InChI=1S/C9H13NO3/c1-11-6-4-7(10)9(13-3)8(5-6)12-2/h4-5H,10H2,1-3H3. The van der Waals surface area contributed by atoms with E-state index in [0.717, 1.165) is 0 Å². The number of nitrogens with two attached hydrogens (primary N) is 1. The third-order valence-corrected chi connectivity index (χ3v) is 1.72. The molecule has 0 aliphatic carbocycles. The van der Waals surface area contributed by atoms with Gasteiger partial charge in [0.15, 0.2) is 11.5 Å². The number of ether oxygens (including phenoxy) is 3. The van der Waals surface area contributed by atoms with Gasteiger partial charge >= 0.3 is 0 Å². The minimum atomic E-state index is 0.499. The smallest absolute Gasteiger partial charge is 0.184 e. The molecule has 0 saturated heterocycles. The van der Waals surface area contributed by atoms with Crippen LogP contribution in [-0.2, 0) is 0 Å². The largest absolute Gasteiger partial charge is 0.497 e. The summed E-state index contributed by atoms with van der Waals surface area (Å²) in [5.74, 6) is 1.75. The van der Waals surface area contributed by atoms with E-state index in [1.165, 1.54) is 0 Å². The van der Waals surface area contributed by atoms with Crippen LogP contribution in [0.5, 0.6) is 17.2 Å². The van der Waals surface area contributed by atoms with Gasteiger partial charge in [-0.1, -0.05) is 0 Å². The van der Waals surface area contributed by atoms with Gasteiger partial charge in [-0.25, -0.2) is 0 Å². The number of nitrogen functional groups attached to an aromatic ring is 1. The van der Waals surface area contributed by atoms with Crippen LogP contribution in [0.25, 0.3) is 0 Å². The van der Waals surface area contributed by atoms with E-state index in [2.05, 4.69) is 0 Å². The van der Waals surface area contributed by atoms with E-state index in [1.807, 2.05) is 0 Å². The minimum Gasteiger partial charge on any atom is -0.497 e. The van der Waals surface area contributed by atoms with Crippen molar-refractivity contribution in [1.29, 1.82) is 0 Å². The highest BCUT2D eigenvalue weighted by atomic mass is 16.5. The molecule has 1 aromatic rings. The Kier molecular flexibility index (Phi) is 2.84. The second kappa shape index (κ2) is 3.89. The van der Waals surface area contributed by atoms with Gasteiger partial charge in [-0.15, -0.1) is 0 Å². The predicted octanol–water partition coefficient (Wildman–Crippen LogP) is 1.29. The van der Waals surface area contributed by atoms with Gasteiger partial charge in [-0.05, 0) is 0 Å². The fourth-order valence-electron chi connectivity index (χ4n) is 1.09. The van der Waals surface area contributed by atoms with Crippen LogP contribution in [0.1, 0.15) is 0 Å². The van der Waals surface area contributed by atoms with E-state index in [4.69, 9.17) is 19.9 Å². The van der Waals surface area contributed by atoms with Gasteiger partial charge in [0.25, 0.3) is 0 Å². The average molecular weight is 183 g/mol. The Morgan fingerprint density at radius 1 is 1.00 bits per heavy atom. The van der Waals surface area contributed by atoms with Crippen LogP contribution in [0, 0.1) is 0 Å². The van der Waals surface area contributed by atoms with Crippen LogP contribution >= 0.6 is 0 Å². The second-order valence-corrected chi connectivity index (χ2v) is 2.45. The maximum Gasteiger partial charge on any atom is 0.184 e. The lowest BCUT2D eigenvalue weighted by Crippen LogP contribution is -1.97. The quantitative estimate of drug-likeness (QED) is 0.717. The van der Waals surface area contributed by atoms with Crippen molar-refractivity contribution in [3.05, 3.63) is 12.1 Å². The summed E-state index contributed by atoms with van der Waals surface area (Å²) in [7, 11) is 4.66. The summed E-state index contributed by atoms with van der Waals surface area (Å²) in [5.41, 5.74) is 6.20. The van der Waals surface area contributed by atoms with Crippen LogP contribution in [-0.4, -0.2) is 21.3 Å². The number of benzene rings is 1. The minimum absolute atomic E-state index is 0.499.